The van der Waals surface area contributed by atoms with Gasteiger partial charge in [-0.2, -0.15) is 0 Å². The molecule has 0 fully saturated rings. The highest BCUT2D eigenvalue weighted by Crippen LogP contribution is 2.22. The van der Waals surface area contributed by atoms with Crippen molar-refractivity contribution in [1.82, 2.24) is 19.1 Å². The average molecular weight is 412 g/mol. The minimum atomic E-state index is -0.0947. The van der Waals surface area contributed by atoms with Crippen molar-refractivity contribution in [3.05, 3.63) is 55.2 Å². The van der Waals surface area contributed by atoms with Crippen LogP contribution in [0.2, 0.25) is 0 Å². The molecular weight excluding hydrogens is 400 g/mol. The molecule has 0 unspecified atom stereocenters. The summed E-state index contributed by atoms with van der Waals surface area (Å²) in [5, 5.41) is 0. The summed E-state index contributed by atoms with van der Waals surface area (Å²) >= 11 is 6.95. The maximum absolute atomic E-state index is 12.5. The van der Waals surface area contributed by atoms with Gasteiger partial charge in [-0.1, -0.05) is 34.1 Å². The van der Waals surface area contributed by atoms with Gasteiger partial charge >= 0.3 is 0 Å². The Bertz CT molecular complexity index is 898. The molecule has 0 bridgehead atoms. The lowest BCUT2D eigenvalue weighted by Crippen LogP contribution is -2.22. The lowest BCUT2D eigenvalue weighted by atomic mass is 10.2. The van der Waals surface area contributed by atoms with Gasteiger partial charge in [-0.25, -0.2) is 9.97 Å². The van der Waals surface area contributed by atoms with Crippen molar-refractivity contribution in [3.8, 4) is 0 Å². The first-order valence-corrected chi connectivity index (χ1v) is 7.90. The summed E-state index contributed by atoms with van der Waals surface area (Å²) in [6.45, 7) is 2.33. The largest absolute Gasteiger partial charge is 0.308 e. The molecule has 3 rings (SSSR count). The lowest BCUT2D eigenvalue weighted by molar-refractivity contribution is 0.759. The minimum absolute atomic E-state index is 0.0947. The average Bonchev–Trinajstić information content (AvgIpc) is 2.75. The second-order valence-corrected chi connectivity index (χ2v) is 6.32. The third-order valence-corrected chi connectivity index (χ3v) is 4.83. The highest BCUT2D eigenvalue weighted by atomic mass is 79.9. The number of hydrogen-bond acceptors (Lipinski definition) is 3. The Hall–Kier alpha value is -1.47. The Morgan fingerprint density at radius 3 is 2.62 bits per heavy atom. The third kappa shape index (κ3) is 2.44. The Morgan fingerprint density at radius 1 is 1.19 bits per heavy atom. The van der Waals surface area contributed by atoms with Crippen molar-refractivity contribution in [1.29, 1.82) is 0 Å². The van der Waals surface area contributed by atoms with E-state index in [4.69, 9.17) is 0 Å². The molecule has 0 saturated carbocycles. The van der Waals surface area contributed by atoms with Gasteiger partial charge < -0.3 is 4.57 Å². The van der Waals surface area contributed by atoms with E-state index in [1.54, 1.807) is 14.0 Å². The maximum Gasteiger partial charge on any atom is 0.279 e. The second kappa shape index (κ2) is 5.38. The van der Waals surface area contributed by atoms with Crippen molar-refractivity contribution >= 4 is 43.0 Å². The summed E-state index contributed by atoms with van der Waals surface area (Å²) < 4.78 is 4.97. The summed E-state index contributed by atoms with van der Waals surface area (Å²) in [6, 6.07) is 7.91. The summed E-state index contributed by atoms with van der Waals surface area (Å²) in [5.41, 5.74) is 1.95. The first-order chi connectivity index (χ1) is 9.99. The number of imidazole rings is 1. The van der Waals surface area contributed by atoms with Gasteiger partial charge in [-0.05, 0) is 34.5 Å². The number of benzene rings is 1. The van der Waals surface area contributed by atoms with Crippen molar-refractivity contribution in [2.45, 2.75) is 13.5 Å². The number of aromatic nitrogens is 4. The lowest BCUT2D eigenvalue weighted by Gasteiger charge is -2.08. The molecule has 0 atom stereocenters. The number of hydrogen-bond donors (Lipinski definition) is 0. The van der Waals surface area contributed by atoms with Crippen molar-refractivity contribution < 1.29 is 0 Å². The van der Waals surface area contributed by atoms with Crippen LogP contribution in [-0.4, -0.2) is 19.1 Å². The zero-order valence-corrected chi connectivity index (χ0v) is 14.6. The van der Waals surface area contributed by atoms with E-state index in [1.165, 1.54) is 4.57 Å². The van der Waals surface area contributed by atoms with E-state index in [2.05, 4.69) is 41.8 Å². The molecule has 0 saturated heterocycles. The maximum atomic E-state index is 12.5. The monoisotopic (exact) mass is 410 g/mol. The third-order valence-electron chi connectivity index (χ3n) is 3.45. The summed E-state index contributed by atoms with van der Waals surface area (Å²) in [6.07, 6.45) is 0. The Morgan fingerprint density at radius 2 is 1.90 bits per heavy atom. The number of fused-ring (bicyclic) bond motifs is 1. The molecule has 0 aliphatic rings. The van der Waals surface area contributed by atoms with Gasteiger partial charge in [-0.15, -0.1) is 0 Å². The molecule has 5 nitrogen and oxygen atoms in total. The van der Waals surface area contributed by atoms with Crippen LogP contribution >= 0.6 is 31.9 Å². The van der Waals surface area contributed by atoms with Gasteiger partial charge in [0.25, 0.3) is 5.56 Å². The zero-order valence-electron chi connectivity index (χ0n) is 11.5. The second-order valence-electron chi connectivity index (χ2n) is 4.75. The molecular formula is C14H12Br2N4O. The SMILES string of the molecule is Cc1nc2nc(Br)n(Cc3ccccc3Br)c2c(=O)n1C. The molecule has 0 N–H and O–H groups in total. The van der Waals surface area contributed by atoms with Gasteiger partial charge in [0.05, 0.1) is 6.54 Å². The van der Waals surface area contributed by atoms with E-state index in [1.807, 2.05) is 28.8 Å². The molecule has 0 radical (unpaired) electrons. The van der Waals surface area contributed by atoms with Gasteiger partial charge in [0.1, 0.15) is 5.82 Å². The van der Waals surface area contributed by atoms with Gasteiger partial charge in [0.15, 0.2) is 15.9 Å². The van der Waals surface area contributed by atoms with Gasteiger partial charge in [0, 0.05) is 11.5 Å². The Balaban J connectivity index is 2.24. The molecule has 0 aliphatic heterocycles. The van der Waals surface area contributed by atoms with E-state index in [0.29, 0.717) is 28.3 Å². The topological polar surface area (TPSA) is 52.7 Å². The van der Waals surface area contributed by atoms with Crippen LogP contribution in [-0.2, 0) is 13.6 Å². The molecule has 2 aromatic heterocycles. The zero-order chi connectivity index (χ0) is 15.1. The van der Waals surface area contributed by atoms with Crippen molar-refractivity contribution in [3.63, 3.8) is 0 Å². The molecule has 1 aromatic carbocycles. The summed E-state index contributed by atoms with van der Waals surface area (Å²) in [7, 11) is 1.72. The predicted molar refractivity (Wildman–Crippen MR) is 88.5 cm³/mol. The summed E-state index contributed by atoms with van der Waals surface area (Å²) in [4.78, 5) is 21.2. The number of rotatable bonds is 2. The molecule has 0 aliphatic carbocycles. The summed E-state index contributed by atoms with van der Waals surface area (Å²) in [5.74, 6) is 0.644. The van der Waals surface area contributed by atoms with Crippen LogP contribution in [0.25, 0.3) is 11.2 Å². The fraction of sp³-hybridized carbons (Fsp3) is 0.214. The fourth-order valence-corrected chi connectivity index (χ4v) is 3.06. The number of halogens is 2. The van der Waals surface area contributed by atoms with Gasteiger partial charge in [0.2, 0.25) is 0 Å². The van der Waals surface area contributed by atoms with E-state index >= 15 is 0 Å². The van der Waals surface area contributed by atoms with E-state index in [-0.39, 0.29) is 5.56 Å². The van der Waals surface area contributed by atoms with Crippen LogP contribution in [0, 0.1) is 6.92 Å². The molecule has 2 heterocycles. The minimum Gasteiger partial charge on any atom is -0.308 e. The van der Waals surface area contributed by atoms with Gasteiger partial charge in [-0.3, -0.25) is 9.36 Å². The molecule has 0 amide bonds. The molecule has 21 heavy (non-hydrogen) atoms. The smallest absolute Gasteiger partial charge is 0.279 e. The van der Waals surface area contributed by atoms with E-state index in [9.17, 15) is 4.79 Å². The number of aryl methyl sites for hydroxylation is 1. The van der Waals surface area contributed by atoms with Crippen molar-refractivity contribution in [2.75, 3.05) is 0 Å². The Labute approximate surface area is 137 Å². The van der Waals surface area contributed by atoms with Crippen LogP contribution in [0.3, 0.4) is 0 Å². The standard InChI is InChI=1S/C14H12Br2N4O/c1-8-17-12-11(13(21)19(8)2)20(14(16)18-12)7-9-5-3-4-6-10(9)15/h3-6H,7H2,1-2H3. The van der Waals surface area contributed by atoms with Crippen LogP contribution in [0.1, 0.15) is 11.4 Å². The first kappa shape index (κ1) is 14.5. The van der Waals surface area contributed by atoms with Crippen LogP contribution in [0.15, 0.2) is 38.3 Å². The van der Waals surface area contributed by atoms with Crippen LogP contribution < -0.4 is 5.56 Å². The molecule has 7 heteroatoms. The van der Waals surface area contributed by atoms with E-state index < -0.39 is 0 Å². The molecule has 108 valence electrons. The molecule has 0 spiro atoms. The van der Waals surface area contributed by atoms with Crippen molar-refractivity contribution in [2.24, 2.45) is 7.05 Å². The highest BCUT2D eigenvalue weighted by molar-refractivity contribution is 9.10. The van der Waals surface area contributed by atoms with Crippen LogP contribution in [0.4, 0.5) is 0 Å². The van der Waals surface area contributed by atoms with E-state index in [0.717, 1.165) is 10.0 Å². The highest BCUT2D eigenvalue weighted by Gasteiger charge is 2.16. The number of nitrogens with zero attached hydrogens (tertiary/aromatic N) is 4. The normalized spacial score (nSPS) is 11.2. The Kier molecular flexibility index (Phi) is 3.71. The fourth-order valence-electron chi connectivity index (χ4n) is 2.18. The molecule has 3 aromatic rings. The first-order valence-electron chi connectivity index (χ1n) is 6.32. The predicted octanol–water partition coefficient (Wildman–Crippen LogP) is 3.01. The van der Waals surface area contributed by atoms with Crippen LogP contribution in [0.5, 0.6) is 0 Å². The quantitative estimate of drug-likeness (QED) is 0.609.